The third-order valence-electron chi connectivity index (χ3n) is 3.24. The molecule has 0 aromatic heterocycles. The number of hydrogen-bond acceptors (Lipinski definition) is 2. The molecular formula is C16H11Cl2NO2S. The van der Waals surface area contributed by atoms with Crippen LogP contribution < -0.4 is 4.72 Å². The van der Waals surface area contributed by atoms with Crippen molar-refractivity contribution in [2.45, 2.75) is 4.90 Å². The molecule has 0 heterocycles. The van der Waals surface area contributed by atoms with Gasteiger partial charge in [-0.25, -0.2) is 8.42 Å². The fourth-order valence-electron chi connectivity index (χ4n) is 2.21. The van der Waals surface area contributed by atoms with Gasteiger partial charge < -0.3 is 0 Å². The van der Waals surface area contributed by atoms with E-state index in [2.05, 4.69) is 4.72 Å². The lowest BCUT2D eigenvalue weighted by Gasteiger charge is -2.12. The number of hydrogen-bond donors (Lipinski definition) is 1. The van der Waals surface area contributed by atoms with Crippen LogP contribution in [0, 0.1) is 0 Å². The Morgan fingerprint density at radius 3 is 2.32 bits per heavy atom. The fourth-order valence-corrected chi connectivity index (χ4v) is 4.05. The number of anilines is 1. The average molecular weight is 352 g/mol. The van der Waals surface area contributed by atoms with E-state index in [9.17, 15) is 8.42 Å². The summed E-state index contributed by atoms with van der Waals surface area (Å²) in [4.78, 5) is -0.0467. The Bertz CT molecular complexity index is 950. The molecule has 0 aliphatic heterocycles. The summed E-state index contributed by atoms with van der Waals surface area (Å²) in [6.45, 7) is 0. The highest BCUT2D eigenvalue weighted by Gasteiger charge is 2.20. The predicted molar refractivity (Wildman–Crippen MR) is 91.2 cm³/mol. The Balaban J connectivity index is 2.09. The molecule has 6 heteroatoms. The van der Waals surface area contributed by atoms with E-state index < -0.39 is 10.0 Å². The lowest BCUT2D eigenvalue weighted by atomic mass is 10.1. The van der Waals surface area contributed by atoms with Crippen LogP contribution >= 0.6 is 23.2 Å². The predicted octanol–water partition coefficient (Wildman–Crippen LogP) is 4.95. The van der Waals surface area contributed by atoms with Gasteiger partial charge in [-0.2, -0.15) is 0 Å². The van der Waals surface area contributed by atoms with Gasteiger partial charge in [-0.15, -0.1) is 0 Å². The van der Waals surface area contributed by atoms with E-state index in [0.717, 1.165) is 10.8 Å². The number of halogens is 2. The second-order valence-electron chi connectivity index (χ2n) is 4.68. The Morgan fingerprint density at radius 1 is 0.818 bits per heavy atom. The maximum absolute atomic E-state index is 12.6. The van der Waals surface area contributed by atoms with Gasteiger partial charge in [0.25, 0.3) is 10.0 Å². The molecular weight excluding hydrogens is 341 g/mol. The van der Waals surface area contributed by atoms with Crippen molar-refractivity contribution in [1.82, 2.24) is 0 Å². The lowest BCUT2D eigenvalue weighted by Crippen LogP contribution is -2.13. The van der Waals surface area contributed by atoms with E-state index in [1.54, 1.807) is 24.3 Å². The summed E-state index contributed by atoms with van der Waals surface area (Å²) < 4.78 is 27.7. The first-order valence-electron chi connectivity index (χ1n) is 6.43. The van der Waals surface area contributed by atoms with Crippen molar-refractivity contribution >= 4 is 49.7 Å². The van der Waals surface area contributed by atoms with E-state index >= 15 is 0 Å². The maximum atomic E-state index is 12.6. The zero-order valence-corrected chi connectivity index (χ0v) is 13.6. The maximum Gasteiger partial charge on any atom is 0.263 e. The molecule has 0 aliphatic carbocycles. The molecule has 0 radical (unpaired) electrons. The molecule has 3 nitrogen and oxygen atoms in total. The molecule has 1 N–H and O–H groups in total. The lowest BCUT2D eigenvalue weighted by molar-refractivity contribution is 0.601. The SMILES string of the molecule is O=S(=O)(Nc1cccc2ccccc12)c1cccc(Cl)c1Cl. The normalized spacial score (nSPS) is 11.5. The van der Waals surface area contributed by atoms with Gasteiger partial charge in [-0.1, -0.05) is 65.7 Å². The molecule has 3 aromatic rings. The van der Waals surface area contributed by atoms with Crippen LogP contribution in [0.5, 0.6) is 0 Å². The quantitative estimate of drug-likeness (QED) is 0.725. The van der Waals surface area contributed by atoms with Crippen LogP contribution in [0.2, 0.25) is 10.0 Å². The van der Waals surface area contributed by atoms with Gasteiger partial charge in [0.2, 0.25) is 0 Å². The summed E-state index contributed by atoms with van der Waals surface area (Å²) in [6.07, 6.45) is 0. The summed E-state index contributed by atoms with van der Waals surface area (Å²) in [7, 11) is -3.82. The van der Waals surface area contributed by atoms with E-state index in [1.165, 1.54) is 6.07 Å². The van der Waals surface area contributed by atoms with Crippen LogP contribution in [-0.4, -0.2) is 8.42 Å². The molecule has 3 rings (SSSR count). The highest BCUT2D eigenvalue weighted by Crippen LogP contribution is 2.31. The van der Waals surface area contributed by atoms with Crippen molar-refractivity contribution in [3.63, 3.8) is 0 Å². The topological polar surface area (TPSA) is 46.2 Å². The molecule has 0 unspecified atom stereocenters. The van der Waals surface area contributed by atoms with Crippen molar-refractivity contribution in [3.8, 4) is 0 Å². The molecule has 112 valence electrons. The smallest absolute Gasteiger partial charge is 0.263 e. The molecule has 22 heavy (non-hydrogen) atoms. The summed E-state index contributed by atoms with van der Waals surface area (Å²) in [5.74, 6) is 0. The highest BCUT2D eigenvalue weighted by molar-refractivity contribution is 7.92. The molecule has 0 spiro atoms. The van der Waals surface area contributed by atoms with E-state index in [1.807, 2.05) is 30.3 Å². The minimum absolute atomic E-state index is 0.0110. The van der Waals surface area contributed by atoms with Gasteiger partial charge in [-0.05, 0) is 23.6 Å². The van der Waals surface area contributed by atoms with Gasteiger partial charge in [0.05, 0.1) is 15.7 Å². The molecule has 0 amide bonds. The highest BCUT2D eigenvalue weighted by atomic mass is 35.5. The van der Waals surface area contributed by atoms with E-state index in [4.69, 9.17) is 23.2 Å². The fraction of sp³-hybridized carbons (Fsp3) is 0. The van der Waals surface area contributed by atoms with Gasteiger partial charge in [0.1, 0.15) is 4.90 Å². The van der Waals surface area contributed by atoms with Crippen LogP contribution in [0.15, 0.2) is 65.6 Å². The number of sulfonamides is 1. The molecule has 0 saturated carbocycles. The molecule has 0 saturated heterocycles. The summed E-state index contributed by atoms with van der Waals surface area (Å²) >= 11 is 11.9. The Morgan fingerprint density at radius 2 is 1.50 bits per heavy atom. The van der Waals surface area contributed by atoms with Gasteiger partial charge in [0.15, 0.2) is 0 Å². The molecule has 0 bridgehead atoms. The third kappa shape index (κ3) is 2.77. The van der Waals surface area contributed by atoms with Crippen molar-refractivity contribution in [2.75, 3.05) is 4.72 Å². The first kappa shape index (κ1) is 15.2. The number of benzene rings is 3. The largest absolute Gasteiger partial charge is 0.279 e. The van der Waals surface area contributed by atoms with Gasteiger partial charge in [-0.3, -0.25) is 4.72 Å². The summed E-state index contributed by atoms with van der Waals surface area (Å²) in [6, 6.07) is 17.4. The van der Waals surface area contributed by atoms with Crippen molar-refractivity contribution < 1.29 is 8.42 Å². The molecule has 0 atom stereocenters. The molecule has 0 aliphatic rings. The van der Waals surface area contributed by atoms with E-state index in [0.29, 0.717) is 5.69 Å². The summed E-state index contributed by atoms with van der Waals surface area (Å²) in [5.41, 5.74) is 0.495. The standard InChI is InChI=1S/C16H11Cl2NO2S/c17-13-8-4-10-15(16(13)18)22(20,21)19-14-9-3-6-11-5-1-2-7-12(11)14/h1-10,19H. The molecule has 3 aromatic carbocycles. The molecule has 0 fully saturated rings. The van der Waals surface area contributed by atoms with Crippen LogP contribution in [-0.2, 0) is 10.0 Å². The zero-order valence-electron chi connectivity index (χ0n) is 11.3. The number of fused-ring (bicyclic) bond motifs is 1. The Labute approximate surface area is 138 Å². The monoisotopic (exact) mass is 351 g/mol. The second kappa shape index (κ2) is 5.80. The van der Waals surface area contributed by atoms with Crippen molar-refractivity contribution in [2.24, 2.45) is 0 Å². The second-order valence-corrected chi connectivity index (χ2v) is 7.12. The van der Waals surface area contributed by atoms with Gasteiger partial charge >= 0.3 is 0 Å². The number of rotatable bonds is 3. The van der Waals surface area contributed by atoms with Gasteiger partial charge in [0, 0.05) is 5.39 Å². The van der Waals surface area contributed by atoms with Crippen molar-refractivity contribution in [3.05, 3.63) is 70.7 Å². The third-order valence-corrected chi connectivity index (χ3v) is 5.58. The minimum Gasteiger partial charge on any atom is -0.279 e. The first-order chi connectivity index (χ1) is 10.5. The number of nitrogens with one attached hydrogen (secondary N) is 1. The summed E-state index contributed by atoms with van der Waals surface area (Å²) in [5, 5.41) is 1.96. The zero-order chi connectivity index (χ0) is 15.7. The Kier molecular flexibility index (Phi) is 4.00. The first-order valence-corrected chi connectivity index (χ1v) is 8.67. The van der Waals surface area contributed by atoms with Crippen LogP contribution in [0.3, 0.4) is 0 Å². The van der Waals surface area contributed by atoms with Crippen LogP contribution in [0.25, 0.3) is 10.8 Å². The Hall–Kier alpha value is -1.75. The van der Waals surface area contributed by atoms with Crippen molar-refractivity contribution in [1.29, 1.82) is 0 Å². The average Bonchev–Trinajstić information content (AvgIpc) is 2.50. The van der Waals surface area contributed by atoms with E-state index in [-0.39, 0.29) is 14.9 Å². The van der Waals surface area contributed by atoms with Crippen LogP contribution in [0.4, 0.5) is 5.69 Å². The minimum atomic E-state index is -3.82. The van der Waals surface area contributed by atoms with Crippen LogP contribution in [0.1, 0.15) is 0 Å².